The van der Waals surface area contributed by atoms with Gasteiger partial charge in [0.25, 0.3) is 11.9 Å². The summed E-state index contributed by atoms with van der Waals surface area (Å²) in [5, 5.41) is 0. The summed E-state index contributed by atoms with van der Waals surface area (Å²) in [6.45, 7) is 1.68. The van der Waals surface area contributed by atoms with E-state index in [1.165, 1.54) is 12.1 Å². The molecule has 0 amide bonds. The van der Waals surface area contributed by atoms with Gasteiger partial charge in [-0.3, -0.25) is 0 Å². The number of halogens is 5. The third-order valence-electron chi connectivity index (χ3n) is 2.12. The molecular weight excluding hydrogens is 332 g/mol. The minimum absolute atomic E-state index is 0.0894. The highest BCUT2D eigenvalue weighted by molar-refractivity contribution is 9.10. The zero-order valence-electron chi connectivity index (χ0n) is 9.35. The highest BCUT2D eigenvalue weighted by atomic mass is 79.9. The van der Waals surface area contributed by atoms with Crippen LogP contribution in [0, 0.1) is 30.5 Å². The molecule has 0 bridgehead atoms. The SMILES string of the molecule is Cc1ccc(Oc2c(F)c(F)nc(F)c2F)c(Br)n1. The van der Waals surface area contributed by atoms with E-state index in [4.69, 9.17) is 4.74 Å². The molecule has 100 valence electrons. The Morgan fingerprint density at radius 1 is 1.00 bits per heavy atom. The quantitative estimate of drug-likeness (QED) is 0.616. The molecule has 0 aromatic carbocycles. The summed E-state index contributed by atoms with van der Waals surface area (Å²) in [5.41, 5.74) is 0.618. The first-order valence-electron chi connectivity index (χ1n) is 4.91. The van der Waals surface area contributed by atoms with E-state index in [9.17, 15) is 17.6 Å². The smallest absolute Gasteiger partial charge is 0.255 e. The summed E-state index contributed by atoms with van der Waals surface area (Å²) in [6, 6.07) is 2.85. The Hall–Kier alpha value is -1.70. The predicted molar refractivity (Wildman–Crippen MR) is 60.8 cm³/mol. The first kappa shape index (κ1) is 13.7. The van der Waals surface area contributed by atoms with Crippen molar-refractivity contribution < 1.29 is 22.3 Å². The Bertz CT molecular complexity index is 625. The van der Waals surface area contributed by atoms with Gasteiger partial charge >= 0.3 is 0 Å². The van der Waals surface area contributed by atoms with Crippen molar-refractivity contribution in [2.75, 3.05) is 0 Å². The molecule has 0 atom stereocenters. The summed E-state index contributed by atoms with van der Waals surface area (Å²) in [6.07, 6.45) is 0. The lowest BCUT2D eigenvalue weighted by molar-refractivity contribution is 0.341. The summed E-state index contributed by atoms with van der Waals surface area (Å²) < 4.78 is 57.4. The summed E-state index contributed by atoms with van der Waals surface area (Å²) in [5.74, 6) is -8.31. The van der Waals surface area contributed by atoms with Gasteiger partial charge in [-0.1, -0.05) is 0 Å². The Morgan fingerprint density at radius 3 is 2.11 bits per heavy atom. The minimum Gasteiger partial charge on any atom is -0.448 e. The van der Waals surface area contributed by atoms with Crippen LogP contribution in [0.4, 0.5) is 17.6 Å². The lowest BCUT2D eigenvalue weighted by Crippen LogP contribution is -2.03. The van der Waals surface area contributed by atoms with Gasteiger partial charge in [0, 0.05) is 5.69 Å². The van der Waals surface area contributed by atoms with Gasteiger partial charge in [-0.05, 0) is 35.0 Å². The summed E-state index contributed by atoms with van der Waals surface area (Å²) in [7, 11) is 0. The lowest BCUT2D eigenvalue weighted by Gasteiger charge is -2.09. The number of rotatable bonds is 2. The maximum Gasteiger partial charge on any atom is 0.255 e. The number of hydrogen-bond donors (Lipinski definition) is 0. The molecule has 2 rings (SSSR count). The Balaban J connectivity index is 2.49. The molecule has 0 radical (unpaired) electrons. The van der Waals surface area contributed by atoms with Gasteiger partial charge in [0.1, 0.15) is 4.60 Å². The Kier molecular flexibility index (Phi) is 3.70. The van der Waals surface area contributed by atoms with Crippen molar-refractivity contribution in [2.45, 2.75) is 6.92 Å². The van der Waals surface area contributed by atoms with E-state index in [-0.39, 0.29) is 10.4 Å². The van der Waals surface area contributed by atoms with Gasteiger partial charge in [0.05, 0.1) is 0 Å². The molecule has 19 heavy (non-hydrogen) atoms. The van der Waals surface area contributed by atoms with Gasteiger partial charge in [-0.15, -0.1) is 0 Å². The molecule has 8 heteroatoms. The van der Waals surface area contributed by atoms with E-state index in [2.05, 4.69) is 25.9 Å². The van der Waals surface area contributed by atoms with Crippen LogP contribution < -0.4 is 4.74 Å². The molecule has 2 aromatic rings. The monoisotopic (exact) mass is 336 g/mol. The molecule has 0 saturated heterocycles. The van der Waals surface area contributed by atoms with Gasteiger partial charge < -0.3 is 4.74 Å². The average molecular weight is 337 g/mol. The van der Waals surface area contributed by atoms with Crippen molar-refractivity contribution in [1.82, 2.24) is 9.97 Å². The van der Waals surface area contributed by atoms with E-state index < -0.39 is 29.3 Å². The number of ether oxygens (including phenoxy) is 1. The van der Waals surface area contributed by atoms with Crippen LogP contribution in [0.15, 0.2) is 16.7 Å². The molecule has 0 aliphatic heterocycles. The van der Waals surface area contributed by atoms with E-state index in [1.807, 2.05) is 0 Å². The zero-order valence-corrected chi connectivity index (χ0v) is 10.9. The molecule has 3 nitrogen and oxygen atoms in total. The Labute approximate surface area is 113 Å². The van der Waals surface area contributed by atoms with Crippen LogP contribution in [-0.4, -0.2) is 9.97 Å². The first-order valence-corrected chi connectivity index (χ1v) is 5.70. The second-order valence-corrected chi connectivity index (χ2v) is 4.25. The van der Waals surface area contributed by atoms with Gasteiger partial charge in [0.2, 0.25) is 17.4 Å². The highest BCUT2D eigenvalue weighted by Crippen LogP contribution is 2.32. The van der Waals surface area contributed by atoms with Crippen LogP contribution in [0.25, 0.3) is 0 Å². The van der Waals surface area contributed by atoms with Crippen molar-refractivity contribution in [1.29, 1.82) is 0 Å². The van der Waals surface area contributed by atoms with Crippen LogP contribution in [0.5, 0.6) is 11.5 Å². The van der Waals surface area contributed by atoms with E-state index in [0.717, 1.165) is 0 Å². The van der Waals surface area contributed by atoms with E-state index in [0.29, 0.717) is 5.69 Å². The number of aryl methyl sites for hydroxylation is 1. The van der Waals surface area contributed by atoms with E-state index >= 15 is 0 Å². The van der Waals surface area contributed by atoms with Crippen LogP contribution in [-0.2, 0) is 0 Å². The van der Waals surface area contributed by atoms with Crippen molar-refractivity contribution in [3.8, 4) is 11.5 Å². The molecule has 0 N–H and O–H groups in total. The number of nitrogens with zero attached hydrogens (tertiary/aromatic N) is 2. The van der Waals surface area contributed by atoms with Crippen LogP contribution in [0.1, 0.15) is 5.69 Å². The molecule has 0 saturated carbocycles. The van der Waals surface area contributed by atoms with E-state index in [1.54, 1.807) is 6.92 Å². The molecule has 0 spiro atoms. The van der Waals surface area contributed by atoms with Crippen molar-refractivity contribution in [3.05, 3.63) is 46.0 Å². The standard InChI is InChI=1S/C11H5BrF4N2O/c1-4-2-3-5(9(12)17-4)19-8-6(13)10(15)18-11(16)7(8)14/h2-3H,1H3. The summed E-state index contributed by atoms with van der Waals surface area (Å²) >= 11 is 3.01. The fourth-order valence-electron chi connectivity index (χ4n) is 1.26. The fourth-order valence-corrected chi connectivity index (χ4v) is 1.75. The van der Waals surface area contributed by atoms with Gasteiger partial charge in [0.15, 0.2) is 5.75 Å². The normalized spacial score (nSPS) is 10.6. The van der Waals surface area contributed by atoms with Gasteiger partial charge in [-0.2, -0.15) is 22.5 Å². The Morgan fingerprint density at radius 2 is 1.58 bits per heavy atom. The molecule has 2 aromatic heterocycles. The number of pyridine rings is 2. The van der Waals surface area contributed by atoms with Crippen molar-refractivity contribution >= 4 is 15.9 Å². The minimum atomic E-state index is -1.79. The molecule has 0 unspecified atom stereocenters. The topological polar surface area (TPSA) is 35.0 Å². The molecule has 0 aliphatic carbocycles. The zero-order chi connectivity index (χ0) is 14.2. The second-order valence-electron chi connectivity index (χ2n) is 3.49. The molecule has 0 fully saturated rings. The second kappa shape index (κ2) is 5.12. The molecule has 0 aliphatic rings. The van der Waals surface area contributed by atoms with Crippen molar-refractivity contribution in [3.63, 3.8) is 0 Å². The highest BCUT2D eigenvalue weighted by Gasteiger charge is 2.23. The van der Waals surface area contributed by atoms with Crippen LogP contribution in [0.3, 0.4) is 0 Å². The summed E-state index contributed by atoms with van der Waals surface area (Å²) in [4.78, 5) is 6.34. The first-order chi connectivity index (χ1) is 8.90. The van der Waals surface area contributed by atoms with Crippen LogP contribution in [0.2, 0.25) is 0 Å². The largest absolute Gasteiger partial charge is 0.448 e. The van der Waals surface area contributed by atoms with Gasteiger partial charge in [-0.25, -0.2) is 4.98 Å². The lowest BCUT2D eigenvalue weighted by atomic mass is 10.3. The number of aromatic nitrogens is 2. The fraction of sp³-hybridized carbons (Fsp3) is 0.0909. The predicted octanol–water partition coefficient (Wildman–Crippen LogP) is 3.90. The number of hydrogen-bond acceptors (Lipinski definition) is 3. The molecule has 2 heterocycles. The third-order valence-corrected chi connectivity index (χ3v) is 2.69. The average Bonchev–Trinajstić information content (AvgIpc) is 2.34. The maximum atomic E-state index is 13.3. The van der Waals surface area contributed by atoms with Crippen LogP contribution >= 0.6 is 15.9 Å². The molecular formula is C11H5BrF4N2O. The van der Waals surface area contributed by atoms with Crippen molar-refractivity contribution in [2.24, 2.45) is 0 Å². The third kappa shape index (κ3) is 2.67. The maximum absolute atomic E-state index is 13.3.